The fourth-order valence-electron chi connectivity index (χ4n) is 5.44. The SMILES string of the molecule is CCCCCC/C=C/C=C/CCCCCCCC(=O)O[C@H](COC(=O)CCCC/C=C/C/C=C/CCCCCCCC)COP(=O)([O-])OCC[N+](C)(C)C. The lowest BCUT2D eigenvalue weighted by Gasteiger charge is -2.28. The molecule has 0 rings (SSSR count). The average molecular weight is 782 g/mol. The molecule has 314 valence electrons. The first-order chi connectivity index (χ1) is 26.0. The van der Waals surface area contributed by atoms with Gasteiger partial charge in [0.1, 0.15) is 19.8 Å². The minimum atomic E-state index is -4.63. The first-order valence-electron chi connectivity index (χ1n) is 21.4. The van der Waals surface area contributed by atoms with E-state index in [0.717, 1.165) is 64.2 Å². The summed E-state index contributed by atoms with van der Waals surface area (Å²) in [4.78, 5) is 37.4. The van der Waals surface area contributed by atoms with E-state index >= 15 is 0 Å². The highest BCUT2D eigenvalue weighted by Crippen LogP contribution is 2.38. The first kappa shape index (κ1) is 52.0. The fraction of sp³-hybridized carbons (Fsp3) is 0.773. The second kappa shape index (κ2) is 36.6. The number of hydrogen-bond acceptors (Lipinski definition) is 8. The molecule has 2 atom stereocenters. The van der Waals surface area contributed by atoms with Crippen LogP contribution in [0, 0.1) is 0 Å². The second-order valence-electron chi connectivity index (χ2n) is 15.4. The van der Waals surface area contributed by atoms with Gasteiger partial charge in [-0.3, -0.25) is 14.2 Å². The van der Waals surface area contributed by atoms with Gasteiger partial charge in [0.25, 0.3) is 7.82 Å². The molecule has 1 unspecified atom stereocenters. The van der Waals surface area contributed by atoms with Gasteiger partial charge in [-0.1, -0.05) is 133 Å². The molecule has 0 aliphatic carbocycles. The first-order valence-corrected chi connectivity index (χ1v) is 22.8. The normalized spacial score (nSPS) is 14.1. The molecular formula is C44H80NO8P. The maximum atomic E-state index is 12.6. The largest absolute Gasteiger partial charge is 0.756 e. The molecular weight excluding hydrogens is 701 g/mol. The summed E-state index contributed by atoms with van der Waals surface area (Å²) < 4.78 is 33.8. The van der Waals surface area contributed by atoms with E-state index in [0.29, 0.717) is 23.9 Å². The molecule has 0 aliphatic heterocycles. The minimum absolute atomic E-state index is 0.0403. The quantitative estimate of drug-likeness (QED) is 0.0152. The van der Waals surface area contributed by atoms with Crippen molar-refractivity contribution in [3.05, 3.63) is 48.6 Å². The van der Waals surface area contributed by atoms with Gasteiger partial charge in [-0.05, 0) is 70.6 Å². The van der Waals surface area contributed by atoms with E-state index in [2.05, 4.69) is 62.5 Å². The van der Waals surface area contributed by atoms with E-state index in [1.165, 1.54) is 64.2 Å². The Morgan fingerprint density at radius 2 is 1.06 bits per heavy atom. The van der Waals surface area contributed by atoms with E-state index in [9.17, 15) is 19.0 Å². The minimum Gasteiger partial charge on any atom is -0.756 e. The summed E-state index contributed by atoms with van der Waals surface area (Å²) in [7, 11) is 1.13. The Kier molecular flexibility index (Phi) is 35.2. The smallest absolute Gasteiger partial charge is 0.306 e. The van der Waals surface area contributed by atoms with Gasteiger partial charge in [-0.15, -0.1) is 0 Å². The van der Waals surface area contributed by atoms with Gasteiger partial charge in [0, 0.05) is 12.8 Å². The number of unbranched alkanes of at least 4 members (excludes halogenated alkanes) is 17. The molecule has 0 aromatic carbocycles. The fourth-order valence-corrected chi connectivity index (χ4v) is 6.17. The zero-order valence-electron chi connectivity index (χ0n) is 35.2. The monoisotopic (exact) mass is 782 g/mol. The van der Waals surface area contributed by atoms with Gasteiger partial charge in [0.05, 0.1) is 27.7 Å². The summed E-state index contributed by atoms with van der Waals surface area (Å²) in [6.07, 6.45) is 41.4. The molecule has 0 N–H and O–H groups in total. The van der Waals surface area contributed by atoms with E-state index in [1.807, 2.05) is 21.1 Å². The van der Waals surface area contributed by atoms with Crippen molar-refractivity contribution in [2.45, 2.75) is 174 Å². The van der Waals surface area contributed by atoms with E-state index in [4.69, 9.17) is 18.5 Å². The van der Waals surface area contributed by atoms with Crippen LogP contribution in [0.25, 0.3) is 0 Å². The van der Waals surface area contributed by atoms with Crippen LogP contribution in [0.2, 0.25) is 0 Å². The number of carbonyl (C=O) groups excluding carboxylic acids is 2. The number of hydrogen-bond donors (Lipinski definition) is 0. The van der Waals surface area contributed by atoms with E-state index in [1.54, 1.807) is 0 Å². The zero-order chi connectivity index (χ0) is 40.0. The Labute approximate surface area is 331 Å². The molecule has 54 heavy (non-hydrogen) atoms. The number of quaternary nitrogens is 1. The van der Waals surface area contributed by atoms with Crippen molar-refractivity contribution >= 4 is 19.8 Å². The van der Waals surface area contributed by atoms with Crippen LogP contribution in [-0.4, -0.2) is 70.0 Å². The summed E-state index contributed by atoms with van der Waals surface area (Å²) in [5, 5.41) is 0. The van der Waals surface area contributed by atoms with Crippen LogP contribution in [-0.2, 0) is 32.7 Å². The number of phosphoric ester groups is 1. The van der Waals surface area contributed by atoms with Gasteiger partial charge in [-0.25, -0.2) is 0 Å². The molecule has 0 radical (unpaired) electrons. The van der Waals surface area contributed by atoms with Gasteiger partial charge in [-0.2, -0.15) is 0 Å². The third-order valence-electron chi connectivity index (χ3n) is 8.85. The highest BCUT2D eigenvalue weighted by molar-refractivity contribution is 7.45. The predicted molar refractivity (Wildman–Crippen MR) is 222 cm³/mol. The average Bonchev–Trinajstić information content (AvgIpc) is 3.12. The molecule has 10 heteroatoms. The topological polar surface area (TPSA) is 111 Å². The third kappa shape index (κ3) is 39.7. The van der Waals surface area contributed by atoms with Crippen LogP contribution in [0.1, 0.15) is 168 Å². The maximum absolute atomic E-state index is 12.6. The molecule has 0 bridgehead atoms. The Balaban J connectivity index is 4.47. The molecule has 0 aromatic rings. The van der Waals surface area contributed by atoms with Crippen molar-refractivity contribution in [3.63, 3.8) is 0 Å². The Bertz CT molecular complexity index is 1070. The Hall–Kier alpha value is -2.03. The molecule has 9 nitrogen and oxygen atoms in total. The van der Waals surface area contributed by atoms with E-state index < -0.39 is 32.5 Å². The van der Waals surface area contributed by atoms with Crippen molar-refractivity contribution in [2.75, 3.05) is 47.5 Å². The van der Waals surface area contributed by atoms with Gasteiger partial charge in [0.15, 0.2) is 6.10 Å². The zero-order valence-corrected chi connectivity index (χ0v) is 36.0. The lowest BCUT2D eigenvalue weighted by atomic mass is 10.1. The number of allylic oxidation sites excluding steroid dienone is 8. The van der Waals surface area contributed by atoms with Gasteiger partial charge >= 0.3 is 11.9 Å². The number of nitrogens with zero attached hydrogens (tertiary/aromatic N) is 1. The van der Waals surface area contributed by atoms with Crippen LogP contribution < -0.4 is 4.89 Å². The van der Waals surface area contributed by atoms with Crippen LogP contribution >= 0.6 is 7.82 Å². The number of carbonyl (C=O) groups is 2. The summed E-state index contributed by atoms with van der Waals surface area (Å²) in [6.45, 7) is 4.13. The maximum Gasteiger partial charge on any atom is 0.306 e. The van der Waals surface area contributed by atoms with Crippen molar-refractivity contribution in [3.8, 4) is 0 Å². The molecule has 0 amide bonds. The predicted octanol–water partition coefficient (Wildman–Crippen LogP) is 11.3. The molecule has 0 aromatic heterocycles. The standard InChI is InChI=1S/C44H80NO8P/c1-6-8-10-12-14-16-18-20-22-24-26-28-30-32-34-36-43(46)50-40-42(41-52-54(48,49)51-39-38-45(3,4)5)53-44(47)37-35-33-31-29-27-25-23-21-19-17-15-13-11-9-7-2/h17,19-23,26,28,42H,6-16,18,24-25,27,29-41H2,1-5H3/b19-17+,22-20+,23-21+,28-26+/t42-/m1/s1. The molecule has 0 saturated heterocycles. The molecule has 0 aliphatic rings. The second-order valence-corrected chi connectivity index (χ2v) is 16.8. The molecule has 0 saturated carbocycles. The van der Waals surface area contributed by atoms with Crippen LogP contribution in [0.3, 0.4) is 0 Å². The highest BCUT2D eigenvalue weighted by Gasteiger charge is 2.21. The summed E-state index contributed by atoms with van der Waals surface area (Å²) >= 11 is 0. The summed E-state index contributed by atoms with van der Waals surface area (Å²) in [5.41, 5.74) is 0. The number of rotatable bonds is 38. The van der Waals surface area contributed by atoms with Crippen molar-refractivity contribution in [1.82, 2.24) is 0 Å². The Morgan fingerprint density at radius 3 is 1.63 bits per heavy atom. The van der Waals surface area contributed by atoms with Crippen LogP contribution in [0.5, 0.6) is 0 Å². The van der Waals surface area contributed by atoms with Crippen molar-refractivity contribution in [1.29, 1.82) is 0 Å². The number of ether oxygens (including phenoxy) is 2. The van der Waals surface area contributed by atoms with Crippen LogP contribution in [0.15, 0.2) is 48.6 Å². The van der Waals surface area contributed by atoms with Gasteiger partial charge in [0.2, 0.25) is 0 Å². The lowest BCUT2D eigenvalue weighted by Crippen LogP contribution is -2.37. The Morgan fingerprint density at radius 1 is 0.593 bits per heavy atom. The van der Waals surface area contributed by atoms with Crippen LogP contribution in [0.4, 0.5) is 0 Å². The number of likely N-dealkylation sites (N-methyl/N-ethyl adjacent to an activating group) is 1. The summed E-state index contributed by atoms with van der Waals surface area (Å²) in [5.74, 6) is -0.893. The molecule has 0 fully saturated rings. The molecule has 0 spiro atoms. The highest BCUT2D eigenvalue weighted by atomic mass is 31.2. The van der Waals surface area contributed by atoms with Crippen molar-refractivity contribution in [2.24, 2.45) is 0 Å². The summed E-state index contributed by atoms with van der Waals surface area (Å²) in [6, 6.07) is 0. The van der Waals surface area contributed by atoms with E-state index in [-0.39, 0.29) is 26.1 Å². The number of phosphoric acid groups is 1. The van der Waals surface area contributed by atoms with Gasteiger partial charge < -0.3 is 27.9 Å². The lowest BCUT2D eigenvalue weighted by molar-refractivity contribution is -0.870. The molecule has 0 heterocycles. The number of esters is 2. The van der Waals surface area contributed by atoms with Crippen molar-refractivity contribution < 1.29 is 42.1 Å². The third-order valence-corrected chi connectivity index (χ3v) is 9.81.